The van der Waals surface area contributed by atoms with Crippen LogP contribution in [-0.2, 0) is 14.0 Å². The van der Waals surface area contributed by atoms with Crippen LogP contribution in [0, 0.1) is 0 Å². The van der Waals surface area contributed by atoms with Crippen molar-refractivity contribution < 1.29 is 14.0 Å². The van der Waals surface area contributed by atoms with Crippen LogP contribution in [0.15, 0.2) is 11.8 Å². The molecule has 0 aromatic carbocycles. The zero-order chi connectivity index (χ0) is 13.6. The minimum Gasteiger partial charge on any atom is -0.549 e. The van der Waals surface area contributed by atoms with Crippen molar-refractivity contribution in [1.29, 1.82) is 0 Å². The molecule has 0 saturated carbocycles. The van der Waals surface area contributed by atoms with Gasteiger partial charge in [-0.25, -0.2) is 4.79 Å². The lowest BCUT2D eigenvalue weighted by Gasteiger charge is -2.20. The van der Waals surface area contributed by atoms with E-state index >= 15 is 0 Å². The monoisotopic (exact) mass is 273 g/mol. The van der Waals surface area contributed by atoms with Crippen molar-refractivity contribution in [3.05, 3.63) is 11.8 Å². The molecule has 0 rings (SSSR count). The van der Waals surface area contributed by atoms with Crippen LogP contribution < -0.4 is 0 Å². The van der Waals surface area contributed by atoms with Crippen molar-refractivity contribution in [2.45, 2.75) is 58.7 Å². The van der Waals surface area contributed by atoms with E-state index in [4.69, 9.17) is 9.16 Å². The molecule has 0 aliphatic carbocycles. The minimum atomic E-state index is -1.61. The van der Waals surface area contributed by atoms with Gasteiger partial charge in [0.1, 0.15) is 0 Å². The van der Waals surface area contributed by atoms with Crippen LogP contribution >= 0.6 is 0 Å². The van der Waals surface area contributed by atoms with Crippen LogP contribution in [0.3, 0.4) is 0 Å². The Balaban J connectivity index is 4.40. The summed E-state index contributed by atoms with van der Waals surface area (Å²) in [6.45, 7) is 14.3. The molecule has 17 heavy (non-hydrogen) atoms. The summed E-state index contributed by atoms with van der Waals surface area (Å²) >= 11 is 0. The van der Waals surface area contributed by atoms with Crippen molar-refractivity contribution in [2.75, 3.05) is 0 Å². The summed E-state index contributed by atoms with van der Waals surface area (Å²) in [5, 5.41) is 0. The molecule has 0 aromatic heterocycles. The van der Waals surface area contributed by atoms with Crippen LogP contribution in [-0.4, -0.2) is 28.8 Å². The van der Waals surface area contributed by atoms with Crippen molar-refractivity contribution >= 4 is 23.1 Å². The van der Waals surface area contributed by atoms with Gasteiger partial charge < -0.3 is 9.16 Å². The Labute approximate surface area is 108 Å². The molecule has 0 bridgehead atoms. The Morgan fingerprint density at radius 3 is 2.24 bits per heavy atom. The molecule has 1 unspecified atom stereocenters. The highest BCUT2D eigenvalue weighted by Crippen LogP contribution is 2.10. The van der Waals surface area contributed by atoms with Crippen LogP contribution in [0.25, 0.3) is 0 Å². The van der Waals surface area contributed by atoms with E-state index in [0.29, 0.717) is 5.57 Å². The summed E-state index contributed by atoms with van der Waals surface area (Å²) < 4.78 is 11.0. The van der Waals surface area contributed by atoms with Crippen molar-refractivity contribution in [3.8, 4) is 0 Å². The van der Waals surface area contributed by atoms with Crippen molar-refractivity contribution in [1.82, 2.24) is 0 Å². The second kappa shape index (κ2) is 7.01. The van der Waals surface area contributed by atoms with Gasteiger partial charge >= 0.3 is 5.97 Å². The van der Waals surface area contributed by atoms with Crippen LogP contribution in [0.1, 0.15) is 20.3 Å². The van der Waals surface area contributed by atoms with Gasteiger partial charge in [0.15, 0.2) is 0 Å². The Bertz CT molecular complexity index is 280. The average Bonchev–Trinajstić information content (AvgIpc) is 2.20. The summed E-state index contributed by atoms with van der Waals surface area (Å²) in [6.07, 6.45) is 2.44. The van der Waals surface area contributed by atoms with Gasteiger partial charge in [-0.2, -0.15) is 0 Å². The van der Waals surface area contributed by atoms with Crippen molar-refractivity contribution in [2.24, 2.45) is 0 Å². The third-order valence-electron chi connectivity index (χ3n) is 2.18. The summed E-state index contributed by atoms with van der Waals surface area (Å²) in [7, 11) is -2.21. The molecule has 5 heteroatoms. The molecule has 1 radical (unpaired) electrons. The van der Waals surface area contributed by atoms with Gasteiger partial charge in [0.05, 0.1) is 26.4 Å². The fraction of sp³-hybridized carbons (Fsp3) is 0.750. The predicted molar refractivity (Wildman–Crippen MR) is 75.8 cm³/mol. The number of carbonyl (C=O) groups excluding carboxylic acids is 1. The first-order valence-corrected chi connectivity index (χ1v) is 12.0. The number of ether oxygens (including phenoxy) is 1. The fourth-order valence-corrected chi connectivity index (χ4v) is 2.83. The third kappa shape index (κ3) is 7.38. The summed E-state index contributed by atoms with van der Waals surface area (Å²) in [5.74, 6) is -0.249. The Morgan fingerprint density at radius 2 is 1.88 bits per heavy atom. The molecule has 0 amide bonds. The fourth-order valence-electron chi connectivity index (χ4n) is 1.14. The highest BCUT2D eigenvalue weighted by molar-refractivity contribution is 6.69. The average molecular weight is 274 g/mol. The highest BCUT2D eigenvalue weighted by Gasteiger charge is 2.19. The molecule has 0 aliphatic rings. The first kappa shape index (κ1) is 16.4. The van der Waals surface area contributed by atoms with Gasteiger partial charge in [-0.3, -0.25) is 0 Å². The zero-order valence-electron chi connectivity index (χ0n) is 12.1. The van der Waals surface area contributed by atoms with E-state index < -0.39 is 17.1 Å². The molecule has 0 aromatic rings. The smallest absolute Gasteiger partial charge is 0.336 e. The van der Waals surface area contributed by atoms with E-state index in [1.807, 2.05) is 6.92 Å². The molecule has 0 saturated heterocycles. The van der Waals surface area contributed by atoms with Gasteiger partial charge in [-0.05, 0) is 33.0 Å². The van der Waals surface area contributed by atoms with Gasteiger partial charge in [-0.1, -0.05) is 20.0 Å². The first-order chi connectivity index (χ1) is 7.67. The van der Waals surface area contributed by atoms with E-state index in [1.165, 1.54) is 0 Å². The predicted octanol–water partition coefficient (Wildman–Crippen LogP) is 3.36. The maximum absolute atomic E-state index is 11.8. The Hall–Kier alpha value is -0.556. The Morgan fingerprint density at radius 1 is 1.35 bits per heavy atom. The number of hydrogen-bond acceptors (Lipinski definition) is 3. The molecule has 0 aliphatic heterocycles. The molecule has 3 nitrogen and oxygen atoms in total. The summed E-state index contributed by atoms with van der Waals surface area (Å²) in [5.41, 5.74) is 0.636. The van der Waals surface area contributed by atoms with E-state index in [0.717, 1.165) is 6.42 Å². The van der Waals surface area contributed by atoms with Crippen LogP contribution in [0.4, 0.5) is 0 Å². The lowest BCUT2D eigenvalue weighted by molar-refractivity contribution is -0.141. The number of esters is 1. The van der Waals surface area contributed by atoms with E-state index in [2.05, 4.69) is 32.7 Å². The Kier molecular flexibility index (Phi) is 6.78. The maximum Gasteiger partial charge on any atom is 0.336 e. The largest absolute Gasteiger partial charge is 0.549 e. The van der Waals surface area contributed by atoms with Crippen molar-refractivity contribution in [3.63, 3.8) is 0 Å². The summed E-state index contributed by atoms with van der Waals surface area (Å²) in [6, 6.07) is 0. The van der Waals surface area contributed by atoms with Gasteiger partial charge in [-0.15, -0.1) is 0 Å². The summed E-state index contributed by atoms with van der Waals surface area (Å²) in [4.78, 5) is 11.8. The minimum absolute atomic E-state index is 0.0859. The van der Waals surface area contributed by atoms with Gasteiger partial charge in [0.2, 0.25) is 8.32 Å². The van der Waals surface area contributed by atoms with E-state index in [1.54, 1.807) is 13.2 Å². The van der Waals surface area contributed by atoms with E-state index in [-0.39, 0.29) is 11.7 Å². The second-order valence-electron chi connectivity index (χ2n) is 5.41. The van der Waals surface area contributed by atoms with Crippen LogP contribution in [0.2, 0.25) is 32.7 Å². The molecule has 0 N–H and O–H groups in total. The molecule has 0 fully saturated rings. The topological polar surface area (TPSA) is 35.5 Å². The molecule has 1 atom stereocenters. The molecule has 0 spiro atoms. The number of hydrogen-bond donors (Lipinski definition) is 0. The standard InChI is InChI=1S/C12H25O3Si2/c1-8-11(16(3)4)15-12(13)10(2)9-14-17(5,6)7/h9,11H,8H2,1-7H3/b10-9+. The molecule has 0 heterocycles. The lowest BCUT2D eigenvalue weighted by Crippen LogP contribution is -2.30. The SMILES string of the molecule is CCC(OC(=O)/C(C)=C/O[Si](C)(C)C)[Si](C)C. The number of rotatable bonds is 6. The number of carbonyl (C=O) groups is 1. The highest BCUT2D eigenvalue weighted by atomic mass is 28.4. The lowest BCUT2D eigenvalue weighted by atomic mass is 10.3. The van der Waals surface area contributed by atoms with E-state index in [9.17, 15) is 4.79 Å². The molecule has 99 valence electrons. The first-order valence-electron chi connectivity index (χ1n) is 6.03. The molecular formula is C12H25O3Si2. The zero-order valence-corrected chi connectivity index (χ0v) is 14.1. The third-order valence-corrected chi connectivity index (χ3v) is 4.81. The normalized spacial score (nSPS) is 14.7. The maximum atomic E-state index is 11.8. The second-order valence-corrected chi connectivity index (χ2v) is 12.7. The quantitative estimate of drug-likeness (QED) is 0.322. The molecular weight excluding hydrogens is 248 g/mol. The van der Waals surface area contributed by atoms with Crippen LogP contribution in [0.5, 0.6) is 0 Å². The van der Waals surface area contributed by atoms with Gasteiger partial charge in [0, 0.05) is 0 Å². The van der Waals surface area contributed by atoms with Gasteiger partial charge in [0.25, 0.3) is 0 Å².